The van der Waals surface area contributed by atoms with Crippen LogP contribution in [0.25, 0.3) is 0 Å². The number of ether oxygens (including phenoxy) is 1. The average Bonchev–Trinajstić information content (AvgIpc) is 2.83. The van der Waals surface area contributed by atoms with Crippen LogP contribution in [0.3, 0.4) is 0 Å². The van der Waals surface area contributed by atoms with E-state index >= 15 is 0 Å². The molecule has 1 N–H and O–H groups in total. The summed E-state index contributed by atoms with van der Waals surface area (Å²) in [7, 11) is 0.252. The number of aromatic nitrogens is 2. The van der Waals surface area contributed by atoms with Gasteiger partial charge in [0.25, 0.3) is 0 Å². The highest BCUT2D eigenvalue weighted by atomic mass is 127. The maximum Gasteiger partial charge on any atom is 0.246 e. The van der Waals surface area contributed by atoms with Gasteiger partial charge in [-0.05, 0) is 61.1 Å². The van der Waals surface area contributed by atoms with Gasteiger partial charge in [-0.3, -0.25) is 9.58 Å². The van der Waals surface area contributed by atoms with E-state index in [0.717, 1.165) is 22.2 Å². The molecule has 0 aliphatic carbocycles. The van der Waals surface area contributed by atoms with E-state index in [4.69, 9.17) is 9.16 Å². The highest BCUT2D eigenvalue weighted by molar-refractivity contribution is 14.1. The molecule has 0 bridgehead atoms. The smallest absolute Gasteiger partial charge is 0.246 e. The Morgan fingerprint density at radius 3 is 2.44 bits per heavy atom. The van der Waals surface area contributed by atoms with Crippen LogP contribution in [0.1, 0.15) is 46.7 Å². The molecule has 1 heterocycles. The van der Waals surface area contributed by atoms with Crippen LogP contribution in [0.15, 0.2) is 0 Å². The van der Waals surface area contributed by atoms with Crippen molar-refractivity contribution in [1.82, 2.24) is 14.7 Å². The number of aliphatic hydroxyl groups excluding tert-OH is 1. The molecular formula is C19H38IN3O3Si. The molecule has 0 amide bonds. The molecule has 0 aliphatic rings. The van der Waals surface area contributed by atoms with Gasteiger partial charge in [0, 0.05) is 13.1 Å². The Labute approximate surface area is 179 Å². The molecule has 0 fully saturated rings. The molecule has 0 saturated heterocycles. The Bertz CT molecular complexity index is 587. The minimum absolute atomic E-state index is 0.196. The van der Waals surface area contributed by atoms with E-state index in [1.807, 2.05) is 25.6 Å². The summed E-state index contributed by atoms with van der Waals surface area (Å²) >= 11 is 2.31. The molecule has 1 aromatic heterocycles. The zero-order valence-electron chi connectivity index (χ0n) is 18.3. The maximum atomic E-state index is 9.94. The fourth-order valence-electron chi connectivity index (χ4n) is 2.43. The molecule has 1 rings (SSSR count). The Morgan fingerprint density at radius 2 is 1.93 bits per heavy atom. The Morgan fingerprint density at radius 1 is 1.30 bits per heavy atom. The lowest BCUT2D eigenvalue weighted by Gasteiger charge is -2.36. The summed E-state index contributed by atoms with van der Waals surface area (Å²) in [5.41, 5.74) is 1.11. The van der Waals surface area contributed by atoms with Crippen molar-refractivity contribution in [3.05, 3.63) is 9.26 Å². The number of hydrogen-bond acceptors (Lipinski definition) is 5. The summed E-state index contributed by atoms with van der Waals surface area (Å²) in [4.78, 5) is 2.13. The second-order valence-electron chi connectivity index (χ2n) is 8.59. The number of likely N-dealkylation sites (N-methyl/N-ethyl adjacent to an activating group) is 1. The van der Waals surface area contributed by atoms with Crippen LogP contribution in [0.2, 0.25) is 18.1 Å². The van der Waals surface area contributed by atoms with Gasteiger partial charge in [-0.1, -0.05) is 27.7 Å². The van der Waals surface area contributed by atoms with Gasteiger partial charge in [0.05, 0.1) is 35.1 Å². The van der Waals surface area contributed by atoms with Crippen molar-refractivity contribution in [2.45, 2.75) is 78.4 Å². The normalized spacial score (nSPS) is 14.0. The number of nitrogens with zero attached hydrogens (tertiary/aromatic N) is 3. The lowest BCUT2D eigenvalue weighted by atomic mass is 10.2. The molecule has 0 aromatic carbocycles. The fraction of sp³-hybridized carbons (Fsp3) is 0.842. The quantitative estimate of drug-likeness (QED) is 0.358. The summed E-state index contributed by atoms with van der Waals surface area (Å²) < 4.78 is 15.1. The van der Waals surface area contributed by atoms with Crippen LogP contribution in [0.5, 0.6) is 5.88 Å². The topological polar surface area (TPSA) is 59.8 Å². The summed E-state index contributed by atoms with van der Waals surface area (Å²) in [6.45, 7) is 18.6. The molecule has 0 radical (unpaired) electrons. The predicted octanol–water partition coefficient (Wildman–Crippen LogP) is 4.11. The van der Waals surface area contributed by atoms with E-state index in [9.17, 15) is 5.11 Å². The van der Waals surface area contributed by atoms with Gasteiger partial charge in [-0.2, -0.15) is 0 Å². The summed E-state index contributed by atoms with van der Waals surface area (Å²) in [5, 5.41) is 14.8. The predicted molar refractivity (Wildman–Crippen MR) is 122 cm³/mol. The minimum Gasteiger partial charge on any atom is -0.476 e. The van der Waals surface area contributed by atoms with Gasteiger partial charge in [0.15, 0.2) is 8.32 Å². The van der Waals surface area contributed by atoms with Crippen molar-refractivity contribution in [3.8, 4) is 5.88 Å². The van der Waals surface area contributed by atoms with Crippen molar-refractivity contribution in [1.29, 1.82) is 0 Å². The molecule has 6 nitrogen and oxygen atoms in total. The van der Waals surface area contributed by atoms with Gasteiger partial charge in [0.1, 0.15) is 0 Å². The summed E-state index contributed by atoms with van der Waals surface area (Å²) in [6.07, 6.45) is 0.447. The van der Waals surface area contributed by atoms with Crippen LogP contribution in [-0.2, 0) is 17.5 Å². The molecule has 0 spiro atoms. The first-order valence-corrected chi connectivity index (χ1v) is 13.8. The van der Waals surface area contributed by atoms with Crippen LogP contribution in [-0.4, -0.2) is 61.0 Å². The SMILES string of the molecule is CCOc1nn(CCO[Si](C)(C)C(C)(C)C)c(CN(C)CC(O)CC)c1I. The monoisotopic (exact) mass is 511 g/mol. The van der Waals surface area contributed by atoms with Crippen LogP contribution in [0, 0.1) is 3.57 Å². The first-order chi connectivity index (χ1) is 12.4. The lowest BCUT2D eigenvalue weighted by molar-refractivity contribution is 0.117. The Balaban J connectivity index is 2.89. The van der Waals surface area contributed by atoms with Gasteiger partial charge < -0.3 is 14.3 Å². The second-order valence-corrected chi connectivity index (χ2v) is 14.5. The fourth-order valence-corrected chi connectivity index (χ4v) is 4.18. The van der Waals surface area contributed by atoms with Gasteiger partial charge in [-0.25, -0.2) is 0 Å². The average molecular weight is 512 g/mol. The molecule has 27 heavy (non-hydrogen) atoms. The standard InChI is InChI=1S/C19H38IN3O3Si/c1-9-15(24)13-22(6)14-16-17(20)18(25-10-2)21-23(16)11-12-26-27(7,8)19(3,4)5/h15,24H,9-14H2,1-8H3. The Kier molecular flexibility index (Phi) is 9.73. The van der Waals surface area contributed by atoms with E-state index in [1.54, 1.807) is 0 Å². The van der Waals surface area contributed by atoms with E-state index in [-0.39, 0.29) is 11.1 Å². The Hall–Kier alpha value is -0.163. The van der Waals surface area contributed by atoms with E-state index in [0.29, 0.717) is 32.2 Å². The van der Waals surface area contributed by atoms with Crippen molar-refractivity contribution in [2.24, 2.45) is 0 Å². The summed E-state index contributed by atoms with van der Waals surface area (Å²) in [6, 6.07) is 0. The van der Waals surface area contributed by atoms with Crippen LogP contribution >= 0.6 is 22.6 Å². The first-order valence-electron chi connectivity index (χ1n) is 9.81. The van der Waals surface area contributed by atoms with E-state index in [2.05, 4.69) is 66.5 Å². The van der Waals surface area contributed by atoms with Crippen LogP contribution < -0.4 is 4.74 Å². The molecule has 1 unspecified atom stereocenters. The van der Waals surface area contributed by atoms with Crippen LogP contribution in [0.4, 0.5) is 0 Å². The van der Waals surface area contributed by atoms with Gasteiger partial charge in [-0.15, -0.1) is 5.10 Å². The van der Waals surface area contributed by atoms with E-state index in [1.165, 1.54) is 0 Å². The highest BCUT2D eigenvalue weighted by Crippen LogP contribution is 2.36. The maximum absolute atomic E-state index is 9.94. The number of halogens is 1. The molecule has 158 valence electrons. The molecule has 1 atom stereocenters. The minimum atomic E-state index is -1.77. The van der Waals surface area contributed by atoms with Crippen molar-refractivity contribution in [3.63, 3.8) is 0 Å². The number of rotatable bonds is 11. The largest absolute Gasteiger partial charge is 0.476 e. The van der Waals surface area contributed by atoms with Gasteiger partial charge in [0.2, 0.25) is 5.88 Å². The molecule has 8 heteroatoms. The summed E-state index contributed by atoms with van der Waals surface area (Å²) in [5.74, 6) is 0.685. The third-order valence-corrected chi connectivity index (χ3v) is 10.9. The third kappa shape index (κ3) is 7.30. The molecule has 0 aliphatic heterocycles. The second kappa shape index (κ2) is 10.6. The zero-order chi connectivity index (χ0) is 20.8. The zero-order valence-corrected chi connectivity index (χ0v) is 21.5. The molecular weight excluding hydrogens is 473 g/mol. The number of hydrogen-bond donors (Lipinski definition) is 1. The van der Waals surface area contributed by atoms with E-state index < -0.39 is 8.32 Å². The van der Waals surface area contributed by atoms with Crippen molar-refractivity contribution in [2.75, 3.05) is 26.8 Å². The van der Waals surface area contributed by atoms with Crippen molar-refractivity contribution < 1.29 is 14.3 Å². The third-order valence-electron chi connectivity index (χ3n) is 5.23. The lowest BCUT2D eigenvalue weighted by Crippen LogP contribution is -2.41. The number of aliphatic hydroxyl groups is 1. The van der Waals surface area contributed by atoms with Crippen molar-refractivity contribution >= 4 is 30.9 Å². The van der Waals surface area contributed by atoms with Gasteiger partial charge >= 0.3 is 0 Å². The highest BCUT2D eigenvalue weighted by Gasteiger charge is 2.37. The first kappa shape index (κ1) is 24.9. The molecule has 0 saturated carbocycles. The molecule has 1 aromatic rings.